The summed E-state index contributed by atoms with van der Waals surface area (Å²) in [6, 6.07) is 8.12. The third-order valence-corrected chi connectivity index (χ3v) is 1.92. The SMILES string of the molecule is C/C(N)=N/OCCc1cccc(CN)c1. The molecule has 0 amide bonds. The molecule has 0 aliphatic rings. The van der Waals surface area contributed by atoms with Crippen molar-refractivity contribution in [2.75, 3.05) is 6.61 Å². The van der Waals surface area contributed by atoms with Crippen molar-refractivity contribution in [3.63, 3.8) is 0 Å². The Labute approximate surface area is 89.9 Å². The molecule has 0 radical (unpaired) electrons. The number of rotatable bonds is 5. The number of oxime groups is 1. The van der Waals surface area contributed by atoms with Crippen LogP contribution in [-0.2, 0) is 17.8 Å². The van der Waals surface area contributed by atoms with Crippen LogP contribution in [0.2, 0.25) is 0 Å². The summed E-state index contributed by atoms with van der Waals surface area (Å²) in [5, 5.41) is 3.65. The number of amidine groups is 1. The number of hydrogen-bond acceptors (Lipinski definition) is 3. The van der Waals surface area contributed by atoms with Crippen LogP contribution in [0.1, 0.15) is 18.1 Å². The Morgan fingerprint density at radius 2 is 2.13 bits per heavy atom. The van der Waals surface area contributed by atoms with Crippen LogP contribution >= 0.6 is 0 Å². The highest BCUT2D eigenvalue weighted by Gasteiger charge is 1.95. The molecule has 1 aromatic rings. The fraction of sp³-hybridized carbons (Fsp3) is 0.364. The second kappa shape index (κ2) is 6.03. The molecule has 0 unspecified atom stereocenters. The predicted octanol–water partition coefficient (Wildman–Crippen LogP) is 0.996. The van der Waals surface area contributed by atoms with E-state index in [1.807, 2.05) is 18.2 Å². The van der Waals surface area contributed by atoms with Gasteiger partial charge in [-0.15, -0.1) is 0 Å². The first-order valence-corrected chi connectivity index (χ1v) is 4.92. The predicted molar refractivity (Wildman–Crippen MR) is 61.3 cm³/mol. The molecule has 0 atom stereocenters. The summed E-state index contributed by atoms with van der Waals surface area (Å²) >= 11 is 0. The van der Waals surface area contributed by atoms with Crippen LogP contribution in [-0.4, -0.2) is 12.4 Å². The molecule has 0 spiro atoms. The lowest BCUT2D eigenvalue weighted by molar-refractivity contribution is 0.147. The van der Waals surface area contributed by atoms with E-state index in [0.717, 1.165) is 12.0 Å². The summed E-state index contributed by atoms with van der Waals surface area (Å²) in [5.74, 6) is 0.436. The normalized spacial score (nSPS) is 11.5. The van der Waals surface area contributed by atoms with Crippen molar-refractivity contribution < 1.29 is 4.84 Å². The van der Waals surface area contributed by atoms with E-state index in [-0.39, 0.29) is 0 Å². The zero-order valence-corrected chi connectivity index (χ0v) is 8.94. The number of nitrogens with two attached hydrogens (primary N) is 2. The van der Waals surface area contributed by atoms with Crippen LogP contribution in [0.5, 0.6) is 0 Å². The van der Waals surface area contributed by atoms with Crippen LogP contribution in [0.3, 0.4) is 0 Å². The molecule has 15 heavy (non-hydrogen) atoms. The van der Waals surface area contributed by atoms with Gasteiger partial charge in [-0.25, -0.2) is 0 Å². The standard InChI is InChI=1S/C11H17N3O/c1-9(13)14-15-6-5-10-3-2-4-11(7-10)8-12/h2-4,7H,5-6,8,12H2,1H3,(H2,13,14). The van der Waals surface area contributed by atoms with Gasteiger partial charge < -0.3 is 16.3 Å². The van der Waals surface area contributed by atoms with E-state index in [1.165, 1.54) is 5.56 Å². The lowest BCUT2D eigenvalue weighted by Gasteiger charge is -2.03. The average molecular weight is 207 g/mol. The molecule has 4 nitrogen and oxygen atoms in total. The van der Waals surface area contributed by atoms with E-state index in [1.54, 1.807) is 6.92 Å². The molecule has 0 bridgehead atoms. The van der Waals surface area contributed by atoms with Gasteiger partial charge in [0, 0.05) is 13.0 Å². The lowest BCUT2D eigenvalue weighted by Crippen LogP contribution is -2.07. The minimum Gasteiger partial charge on any atom is -0.394 e. The lowest BCUT2D eigenvalue weighted by atomic mass is 10.1. The summed E-state index contributed by atoms with van der Waals surface area (Å²) in [4.78, 5) is 5.00. The Kier molecular flexibility index (Phi) is 4.63. The van der Waals surface area contributed by atoms with E-state index >= 15 is 0 Å². The monoisotopic (exact) mass is 207 g/mol. The molecule has 0 fully saturated rings. The van der Waals surface area contributed by atoms with Gasteiger partial charge in [-0.2, -0.15) is 0 Å². The average Bonchev–Trinajstić information content (AvgIpc) is 2.24. The Hall–Kier alpha value is -1.55. The highest BCUT2D eigenvalue weighted by atomic mass is 16.6. The molecule has 1 aromatic carbocycles. The smallest absolute Gasteiger partial charge is 0.136 e. The minimum atomic E-state index is 0.436. The minimum absolute atomic E-state index is 0.436. The Morgan fingerprint density at radius 3 is 2.80 bits per heavy atom. The molecule has 4 N–H and O–H groups in total. The van der Waals surface area contributed by atoms with Crippen LogP contribution < -0.4 is 11.5 Å². The Morgan fingerprint density at radius 1 is 1.40 bits per heavy atom. The van der Waals surface area contributed by atoms with Crippen molar-refractivity contribution >= 4 is 5.84 Å². The first-order chi connectivity index (χ1) is 7.22. The van der Waals surface area contributed by atoms with Crippen LogP contribution in [0.4, 0.5) is 0 Å². The number of nitrogens with zero attached hydrogens (tertiary/aromatic N) is 1. The highest BCUT2D eigenvalue weighted by molar-refractivity contribution is 5.76. The third kappa shape index (κ3) is 4.46. The van der Waals surface area contributed by atoms with Crippen molar-refractivity contribution in [1.82, 2.24) is 0 Å². The fourth-order valence-corrected chi connectivity index (χ4v) is 1.22. The second-order valence-electron chi connectivity index (χ2n) is 3.34. The van der Waals surface area contributed by atoms with Gasteiger partial charge in [0.05, 0.1) is 0 Å². The van der Waals surface area contributed by atoms with Gasteiger partial charge >= 0.3 is 0 Å². The molecular weight excluding hydrogens is 190 g/mol. The van der Waals surface area contributed by atoms with Crippen molar-refractivity contribution in [2.24, 2.45) is 16.6 Å². The zero-order valence-electron chi connectivity index (χ0n) is 8.94. The van der Waals surface area contributed by atoms with Crippen LogP contribution in [0.25, 0.3) is 0 Å². The van der Waals surface area contributed by atoms with Crippen molar-refractivity contribution in [3.8, 4) is 0 Å². The van der Waals surface area contributed by atoms with Crippen molar-refractivity contribution in [3.05, 3.63) is 35.4 Å². The zero-order chi connectivity index (χ0) is 11.1. The highest BCUT2D eigenvalue weighted by Crippen LogP contribution is 2.05. The molecule has 0 saturated heterocycles. The summed E-state index contributed by atoms with van der Waals surface area (Å²) < 4.78 is 0. The molecule has 82 valence electrons. The van der Waals surface area contributed by atoms with Gasteiger partial charge in [0.25, 0.3) is 0 Å². The largest absolute Gasteiger partial charge is 0.394 e. The van der Waals surface area contributed by atoms with Gasteiger partial charge in [0.15, 0.2) is 0 Å². The third-order valence-electron chi connectivity index (χ3n) is 1.92. The van der Waals surface area contributed by atoms with Gasteiger partial charge in [0.1, 0.15) is 12.4 Å². The van der Waals surface area contributed by atoms with E-state index in [0.29, 0.717) is 19.0 Å². The Balaban J connectivity index is 2.40. The summed E-state index contributed by atoms with van der Waals surface area (Å²) in [6.45, 7) is 2.78. The van der Waals surface area contributed by atoms with Gasteiger partial charge in [0.2, 0.25) is 0 Å². The van der Waals surface area contributed by atoms with Crippen LogP contribution in [0.15, 0.2) is 29.4 Å². The van der Waals surface area contributed by atoms with E-state index in [4.69, 9.17) is 16.3 Å². The Bertz CT molecular complexity index is 332. The van der Waals surface area contributed by atoms with Gasteiger partial charge in [-0.3, -0.25) is 0 Å². The van der Waals surface area contributed by atoms with E-state index < -0.39 is 0 Å². The summed E-state index contributed by atoms with van der Waals surface area (Å²) in [5.41, 5.74) is 13.2. The van der Waals surface area contributed by atoms with Crippen molar-refractivity contribution in [1.29, 1.82) is 0 Å². The van der Waals surface area contributed by atoms with Gasteiger partial charge in [-0.1, -0.05) is 29.4 Å². The quantitative estimate of drug-likeness (QED) is 0.327. The van der Waals surface area contributed by atoms with Crippen molar-refractivity contribution in [2.45, 2.75) is 19.9 Å². The second-order valence-corrected chi connectivity index (χ2v) is 3.34. The maximum absolute atomic E-state index is 5.54. The summed E-state index contributed by atoms with van der Waals surface area (Å²) in [7, 11) is 0. The first kappa shape index (κ1) is 11.5. The molecule has 0 aliphatic heterocycles. The first-order valence-electron chi connectivity index (χ1n) is 4.92. The topological polar surface area (TPSA) is 73.6 Å². The maximum atomic E-state index is 5.54. The molecule has 0 saturated carbocycles. The van der Waals surface area contributed by atoms with E-state index in [9.17, 15) is 0 Å². The number of benzene rings is 1. The molecule has 1 rings (SSSR count). The van der Waals surface area contributed by atoms with Gasteiger partial charge in [-0.05, 0) is 18.1 Å². The fourth-order valence-electron chi connectivity index (χ4n) is 1.22. The molecular formula is C11H17N3O. The molecule has 0 aromatic heterocycles. The maximum Gasteiger partial charge on any atom is 0.136 e. The number of hydrogen-bond donors (Lipinski definition) is 2. The molecule has 4 heteroatoms. The molecule has 0 aliphatic carbocycles. The summed E-state index contributed by atoms with van der Waals surface area (Å²) in [6.07, 6.45) is 0.810. The van der Waals surface area contributed by atoms with E-state index in [2.05, 4.69) is 11.2 Å². The van der Waals surface area contributed by atoms with Crippen LogP contribution in [0, 0.1) is 0 Å². The molecule has 0 heterocycles.